The van der Waals surface area contributed by atoms with Gasteiger partial charge in [-0.05, 0) is 122 Å². The average Bonchev–Trinajstić information content (AvgIpc) is 3.38. The van der Waals surface area contributed by atoms with E-state index in [0.29, 0.717) is 19.3 Å². The molecule has 1 unspecified atom stereocenters. The maximum Gasteiger partial charge on any atom is 0.306 e. The Morgan fingerprint density at radius 2 is 0.556 bits per heavy atom. The Morgan fingerprint density at radius 1 is 0.292 bits per heavy atom. The predicted molar refractivity (Wildman–Crippen MR) is 311 cm³/mol. The van der Waals surface area contributed by atoms with Crippen molar-refractivity contribution in [2.45, 2.75) is 277 Å². The van der Waals surface area contributed by atoms with Gasteiger partial charge in [-0.25, -0.2) is 0 Å². The first kappa shape index (κ1) is 68.1. The van der Waals surface area contributed by atoms with E-state index in [1.165, 1.54) is 109 Å². The lowest BCUT2D eigenvalue weighted by Gasteiger charge is -2.18. The second kappa shape index (κ2) is 59.6. The zero-order chi connectivity index (χ0) is 52.2. The van der Waals surface area contributed by atoms with Crippen molar-refractivity contribution in [2.24, 2.45) is 0 Å². The molecule has 1 atom stereocenters. The number of ether oxygens (including phenoxy) is 3. The van der Waals surface area contributed by atoms with Crippen molar-refractivity contribution in [2.75, 3.05) is 13.2 Å². The third kappa shape index (κ3) is 57.0. The van der Waals surface area contributed by atoms with Crippen LogP contribution in [-0.4, -0.2) is 37.2 Å². The minimum atomic E-state index is -0.806. The summed E-state index contributed by atoms with van der Waals surface area (Å²) in [6.07, 6.45) is 80.8. The first-order valence-corrected chi connectivity index (χ1v) is 29.9. The molecule has 6 nitrogen and oxygen atoms in total. The molecule has 0 saturated heterocycles. The van der Waals surface area contributed by atoms with Crippen LogP contribution in [0.2, 0.25) is 0 Å². The summed E-state index contributed by atoms with van der Waals surface area (Å²) in [7, 11) is 0. The summed E-state index contributed by atoms with van der Waals surface area (Å²) in [5, 5.41) is 0. The number of esters is 3. The van der Waals surface area contributed by atoms with E-state index in [1.807, 2.05) is 0 Å². The van der Waals surface area contributed by atoms with Crippen molar-refractivity contribution in [1.82, 2.24) is 0 Å². The predicted octanol–water partition coefficient (Wildman–Crippen LogP) is 20.3. The van der Waals surface area contributed by atoms with Gasteiger partial charge in [0.2, 0.25) is 0 Å². The van der Waals surface area contributed by atoms with Crippen LogP contribution in [0.4, 0.5) is 0 Å². The second-order valence-electron chi connectivity index (χ2n) is 19.5. The monoisotopic (exact) mass is 999 g/mol. The molecule has 0 bridgehead atoms. The highest BCUT2D eigenvalue weighted by atomic mass is 16.6. The largest absolute Gasteiger partial charge is 0.462 e. The molecule has 0 N–H and O–H groups in total. The molecule has 6 heteroatoms. The third-order valence-electron chi connectivity index (χ3n) is 12.5. The SMILES string of the molecule is CC/C=C\C/C=C\C/C=C\C/C=C\C/C=C\C/C=C\CCCCC(=O)OCC(COC(=O)CCCCCCC/C=C\C/C=C\CCCC)OC(=O)CCCCCCCCCCC/C=C\CCCCCCCC. The van der Waals surface area contributed by atoms with E-state index in [1.54, 1.807) is 0 Å². The maximum absolute atomic E-state index is 12.9. The van der Waals surface area contributed by atoms with Gasteiger partial charge < -0.3 is 14.2 Å². The third-order valence-corrected chi connectivity index (χ3v) is 12.5. The molecule has 0 aromatic carbocycles. The lowest BCUT2D eigenvalue weighted by atomic mass is 10.1. The van der Waals surface area contributed by atoms with Crippen molar-refractivity contribution < 1.29 is 28.6 Å². The smallest absolute Gasteiger partial charge is 0.306 e. The molecule has 0 amide bonds. The van der Waals surface area contributed by atoms with Gasteiger partial charge in [0.25, 0.3) is 0 Å². The zero-order valence-electron chi connectivity index (χ0n) is 46.9. The molecule has 0 aliphatic heterocycles. The molecule has 0 heterocycles. The molecular weight excluding hydrogens is 889 g/mol. The van der Waals surface area contributed by atoms with E-state index >= 15 is 0 Å². The molecule has 0 spiro atoms. The minimum Gasteiger partial charge on any atom is -0.462 e. The Labute approximate surface area is 444 Å². The van der Waals surface area contributed by atoms with Crippen LogP contribution in [0.3, 0.4) is 0 Å². The number of allylic oxidation sites excluding steroid dienone is 18. The van der Waals surface area contributed by atoms with Crippen LogP contribution in [0.5, 0.6) is 0 Å². The molecule has 0 aliphatic rings. The Bertz CT molecular complexity index is 1470. The lowest BCUT2D eigenvalue weighted by molar-refractivity contribution is -0.167. The number of hydrogen-bond donors (Lipinski definition) is 0. The number of carbonyl (C=O) groups excluding carboxylic acids is 3. The highest BCUT2D eigenvalue weighted by Gasteiger charge is 2.19. The zero-order valence-corrected chi connectivity index (χ0v) is 46.9. The molecule has 0 radical (unpaired) electrons. The van der Waals surface area contributed by atoms with Crippen LogP contribution >= 0.6 is 0 Å². The van der Waals surface area contributed by atoms with Crippen molar-refractivity contribution in [3.05, 3.63) is 109 Å². The first-order chi connectivity index (χ1) is 35.5. The normalized spacial score (nSPS) is 12.9. The van der Waals surface area contributed by atoms with Gasteiger partial charge in [-0.1, -0.05) is 239 Å². The van der Waals surface area contributed by atoms with Gasteiger partial charge in [0, 0.05) is 19.3 Å². The van der Waals surface area contributed by atoms with Crippen LogP contribution < -0.4 is 0 Å². The van der Waals surface area contributed by atoms with Crippen LogP contribution in [0.15, 0.2) is 109 Å². The Balaban J connectivity index is 4.47. The van der Waals surface area contributed by atoms with Crippen molar-refractivity contribution >= 4 is 17.9 Å². The van der Waals surface area contributed by atoms with Gasteiger partial charge in [0.15, 0.2) is 6.10 Å². The Morgan fingerprint density at radius 3 is 0.931 bits per heavy atom. The Kier molecular flexibility index (Phi) is 56.4. The summed E-state index contributed by atoms with van der Waals surface area (Å²) in [6.45, 7) is 6.44. The van der Waals surface area contributed by atoms with E-state index in [-0.39, 0.29) is 31.1 Å². The molecule has 0 rings (SSSR count). The molecule has 0 aromatic rings. The number of rotatable bonds is 53. The van der Waals surface area contributed by atoms with E-state index in [0.717, 1.165) is 122 Å². The fourth-order valence-electron chi connectivity index (χ4n) is 7.99. The van der Waals surface area contributed by atoms with Crippen LogP contribution in [0.1, 0.15) is 271 Å². The quantitative estimate of drug-likeness (QED) is 0.0261. The fraction of sp³-hybridized carbons (Fsp3) is 0.682. The molecule has 0 fully saturated rings. The standard InChI is InChI=1S/C66H110O6/c1-4-7-10-13-16-19-22-25-28-30-32-33-35-36-38-41-44-47-50-53-56-59-65(68)71-62-63(61-70-64(67)58-55-52-49-46-43-40-27-24-21-18-15-12-9-6-3)72-66(69)60-57-54-51-48-45-42-39-37-34-31-29-26-23-20-17-14-11-8-5-2/h7,10,15-16,18-19,24-29,32-33,36,38,44,47,63H,4-6,8-9,11-14,17,20-23,30-31,34-35,37,39-43,45-46,48-62H2,1-3H3/b10-7-,18-15-,19-16-,27-24-,28-25-,29-26-,33-32-,38-36-,47-44-. The number of hydrogen-bond acceptors (Lipinski definition) is 6. The summed E-state index contributed by atoms with van der Waals surface area (Å²) >= 11 is 0. The van der Waals surface area contributed by atoms with Gasteiger partial charge in [-0.3, -0.25) is 14.4 Å². The summed E-state index contributed by atoms with van der Waals surface area (Å²) in [5.74, 6) is -0.958. The molecular formula is C66H110O6. The molecule has 0 saturated carbocycles. The van der Waals surface area contributed by atoms with E-state index < -0.39 is 6.10 Å². The summed E-state index contributed by atoms with van der Waals surface area (Å²) < 4.78 is 16.8. The first-order valence-electron chi connectivity index (χ1n) is 29.9. The lowest BCUT2D eigenvalue weighted by Crippen LogP contribution is -2.30. The van der Waals surface area contributed by atoms with Crippen LogP contribution in [-0.2, 0) is 28.6 Å². The number of carbonyl (C=O) groups is 3. The van der Waals surface area contributed by atoms with Crippen molar-refractivity contribution in [3.8, 4) is 0 Å². The van der Waals surface area contributed by atoms with Gasteiger partial charge in [0.1, 0.15) is 13.2 Å². The van der Waals surface area contributed by atoms with E-state index in [9.17, 15) is 14.4 Å². The van der Waals surface area contributed by atoms with Crippen molar-refractivity contribution in [3.63, 3.8) is 0 Å². The van der Waals surface area contributed by atoms with Gasteiger partial charge in [-0.15, -0.1) is 0 Å². The van der Waals surface area contributed by atoms with Crippen LogP contribution in [0, 0.1) is 0 Å². The van der Waals surface area contributed by atoms with Gasteiger partial charge >= 0.3 is 17.9 Å². The minimum absolute atomic E-state index is 0.101. The van der Waals surface area contributed by atoms with E-state index in [4.69, 9.17) is 14.2 Å². The average molecular weight is 1000 g/mol. The van der Waals surface area contributed by atoms with Crippen molar-refractivity contribution in [1.29, 1.82) is 0 Å². The number of unbranched alkanes of at least 4 members (excludes halogenated alkanes) is 24. The second-order valence-corrected chi connectivity index (χ2v) is 19.5. The summed E-state index contributed by atoms with van der Waals surface area (Å²) in [6, 6.07) is 0. The topological polar surface area (TPSA) is 78.9 Å². The van der Waals surface area contributed by atoms with E-state index in [2.05, 4.69) is 130 Å². The summed E-state index contributed by atoms with van der Waals surface area (Å²) in [4.78, 5) is 38.2. The Hall–Kier alpha value is -3.93. The highest BCUT2D eigenvalue weighted by molar-refractivity contribution is 5.71. The molecule has 410 valence electrons. The van der Waals surface area contributed by atoms with Gasteiger partial charge in [0.05, 0.1) is 0 Å². The summed E-state index contributed by atoms with van der Waals surface area (Å²) in [5.41, 5.74) is 0. The maximum atomic E-state index is 12.9. The molecule has 0 aromatic heterocycles. The van der Waals surface area contributed by atoms with Gasteiger partial charge in [-0.2, -0.15) is 0 Å². The van der Waals surface area contributed by atoms with Crippen LogP contribution in [0.25, 0.3) is 0 Å². The fourth-order valence-corrected chi connectivity index (χ4v) is 7.99. The molecule has 0 aliphatic carbocycles. The highest BCUT2D eigenvalue weighted by Crippen LogP contribution is 2.15. The molecule has 72 heavy (non-hydrogen) atoms.